The van der Waals surface area contributed by atoms with Gasteiger partial charge in [-0.1, -0.05) is 30.3 Å². The average molecular weight is 352 g/mol. The molecule has 0 fully saturated rings. The Morgan fingerprint density at radius 1 is 1.08 bits per heavy atom. The quantitative estimate of drug-likeness (QED) is 0.652. The van der Waals surface area contributed by atoms with Crippen molar-refractivity contribution in [2.45, 2.75) is 11.4 Å². The van der Waals surface area contributed by atoms with Crippen LogP contribution in [-0.4, -0.2) is 23.3 Å². The van der Waals surface area contributed by atoms with Crippen LogP contribution in [0, 0.1) is 0 Å². The number of pyridine rings is 2. The van der Waals surface area contributed by atoms with E-state index in [0.29, 0.717) is 18.1 Å². The summed E-state index contributed by atoms with van der Waals surface area (Å²) in [6.07, 6.45) is 5.51. The summed E-state index contributed by atoms with van der Waals surface area (Å²) in [7, 11) is 1.61. The Morgan fingerprint density at radius 3 is 2.52 bits per heavy atom. The fourth-order valence-corrected chi connectivity index (χ4v) is 2.90. The van der Waals surface area contributed by atoms with Gasteiger partial charge in [-0.2, -0.15) is 0 Å². The molecule has 0 atom stereocenters. The van der Waals surface area contributed by atoms with Crippen molar-refractivity contribution in [1.82, 2.24) is 9.97 Å². The molecule has 0 amide bonds. The highest BCUT2D eigenvalue weighted by Crippen LogP contribution is 2.38. The van der Waals surface area contributed by atoms with Crippen LogP contribution in [-0.2, 0) is 6.54 Å². The molecule has 3 aromatic rings. The zero-order chi connectivity index (χ0) is 17.6. The summed E-state index contributed by atoms with van der Waals surface area (Å²) in [6, 6.07) is 14.0. The SMILES string of the molecule is COc1ncc(N)c(NCc2ccc(SC)cn2)c1-c1ccccc1. The number of nitrogen functional groups attached to an aromatic ring is 1. The molecule has 128 valence electrons. The molecule has 6 heteroatoms. The van der Waals surface area contributed by atoms with Gasteiger partial charge in [0.05, 0.1) is 42.5 Å². The Morgan fingerprint density at radius 2 is 1.88 bits per heavy atom. The monoisotopic (exact) mass is 352 g/mol. The van der Waals surface area contributed by atoms with Crippen LogP contribution in [0.5, 0.6) is 5.88 Å². The molecule has 0 radical (unpaired) electrons. The van der Waals surface area contributed by atoms with Crippen molar-refractivity contribution in [1.29, 1.82) is 0 Å². The number of rotatable bonds is 6. The molecule has 0 aliphatic heterocycles. The van der Waals surface area contributed by atoms with Crippen molar-refractivity contribution >= 4 is 23.1 Å². The van der Waals surface area contributed by atoms with Gasteiger partial charge in [-0.05, 0) is 24.0 Å². The minimum atomic E-state index is 0.536. The van der Waals surface area contributed by atoms with E-state index < -0.39 is 0 Å². The average Bonchev–Trinajstić information content (AvgIpc) is 2.68. The summed E-state index contributed by atoms with van der Waals surface area (Å²) in [5.41, 5.74) is 10.3. The molecule has 0 saturated heterocycles. The van der Waals surface area contributed by atoms with Gasteiger partial charge in [0.15, 0.2) is 0 Å². The number of nitrogens with one attached hydrogen (secondary N) is 1. The van der Waals surface area contributed by atoms with Crippen LogP contribution in [0.2, 0.25) is 0 Å². The van der Waals surface area contributed by atoms with Crippen molar-refractivity contribution in [2.24, 2.45) is 0 Å². The molecule has 0 spiro atoms. The summed E-state index contributed by atoms with van der Waals surface area (Å²) in [5.74, 6) is 0.536. The Labute approximate surface area is 151 Å². The first-order chi connectivity index (χ1) is 12.2. The van der Waals surface area contributed by atoms with E-state index in [1.807, 2.05) is 48.9 Å². The number of thioether (sulfide) groups is 1. The standard InChI is InChI=1S/C19H20N4OS/c1-24-19-17(13-6-4-3-5-7-13)18(16(20)12-23-19)22-10-14-8-9-15(25-2)11-21-14/h3-9,11-12H,10,20H2,1-2H3,(H,22,23). The fourth-order valence-electron chi connectivity index (χ4n) is 2.54. The zero-order valence-corrected chi connectivity index (χ0v) is 15.0. The molecular formula is C19H20N4OS. The number of benzene rings is 1. The summed E-state index contributed by atoms with van der Waals surface area (Å²) >= 11 is 1.67. The highest BCUT2D eigenvalue weighted by molar-refractivity contribution is 7.98. The van der Waals surface area contributed by atoms with Gasteiger partial charge < -0.3 is 15.8 Å². The summed E-state index contributed by atoms with van der Waals surface area (Å²) < 4.78 is 5.45. The molecule has 0 aliphatic rings. The van der Waals surface area contributed by atoms with Gasteiger partial charge in [0.1, 0.15) is 0 Å². The molecule has 2 heterocycles. The zero-order valence-electron chi connectivity index (χ0n) is 14.2. The van der Waals surface area contributed by atoms with Gasteiger partial charge in [0.25, 0.3) is 0 Å². The van der Waals surface area contributed by atoms with E-state index in [1.54, 1.807) is 25.1 Å². The molecule has 5 nitrogen and oxygen atoms in total. The van der Waals surface area contributed by atoms with Crippen molar-refractivity contribution < 1.29 is 4.74 Å². The van der Waals surface area contributed by atoms with E-state index in [1.165, 1.54) is 0 Å². The number of hydrogen-bond donors (Lipinski definition) is 2. The maximum absolute atomic E-state index is 6.19. The van der Waals surface area contributed by atoms with Gasteiger partial charge in [-0.15, -0.1) is 11.8 Å². The van der Waals surface area contributed by atoms with E-state index in [2.05, 4.69) is 21.4 Å². The molecule has 25 heavy (non-hydrogen) atoms. The van der Waals surface area contributed by atoms with E-state index >= 15 is 0 Å². The lowest BCUT2D eigenvalue weighted by Crippen LogP contribution is -2.07. The second kappa shape index (κ2) is 7.90. The minimum absolute atomic E-state index is 0.536. The number of nitrogens with two attached hydrogens (primary N) is 1. The number of nitrogens with zero attached hydrogens (tertiary/aromatic N) is 2. The molecule has 0 bridgehead atoms. The van der Waals surface area contributed by atoms with Crippen LogP contribution in [0.1, 0.15) is 5.69 Å². The molecule has 3 rings (SSSR count). The Kier molecular flexibility index (Phi) is 5.40. The van der Waals surface area contributed by atoms with E-state index in [4.69, 9.17) is 10.5 Å². The second-order valence-corrected chi connectivity index (χ2v) is 6.26. The minimum Gasteiger partial charge on any atom is -0.480 e. The van der Waals surface area contributed by atoms with Crippen molar-refractivity contribution in [3.05, 3.63) is 60.6 Å². The van der Waals surface area contributed by atoms with E-state index in [9.17, 15) is 0 Å². The Hall–Kier alpha value is -2.73. The topological polar surface area (TPSA) is 73.1 Å². The highest BCUT2D eigenvalue weighted by atomic mass is 32.2. The number of hydrogen-bond acceptors (Lipinski definition) is 6. The lowest BCUT2D eigenvalue weighted by atomic mass is 10.0. The maximum Gasteiger partial charge on any atom is 0.223 e. The summed E-state index contributed by atoms with van der Waals surface area (Å²) in [6.45, 7) is 0.561. The lowest BCUT2D eigenvalue weighted by molar-refractivity contribution is 0.400. The predicted octanol–water partition coefficient (Wildman–Crippen LogP) is 4.07. The Bertz CT molecular complexity index is 838. The number of aromatic nitrogens is 2. The lowest BCUT2D eigenvalue weighted by Gasteiger charge is -2.17. The first kappa shape index (κ1) is 17.1. The molecule has 0 saturated carbocycles. The van der Waals surface area contributed by atoms with Gasteiger partial charge in [-0.25, -0.2) is 4.98 Å². The Balaban J connectivity index is 1.94. The van der Waals surface area contributed by atoms with Crippen molar-refractivity contribution in [3.8, 4) is 17.0 Å². The second-order valence-electron chi connectivity index (χ2n) is 5.38. The summed E-state index contributed by atoms with van der Waals surface area (Å²) in [5, 5.41) is 3.39. The number of methoxy groups -OCH3 is 1. The molecular weight excluding hydrogens is 332 g/mol. The third-order valence-electron chi connectivity index (χ3n) is 3.81. The van der Waals surface area contributed by atoms with Crippen LogP contribution >= 0.6 is 11.8 Å². The van der Waals surface area contributed by atoms with Crippen LogP contribution in [0.15, 0.2) is 59.8 Å². The molecule has 0 aliphatic carbocycles. The third kappa shape index (κ3) is 3.85. The van der Waals surface area contributed by atoms with Crippen molar-refractivity contribution in [2.75, 3.05) is 24.4 Å². The molecule has 1 aromatic carbocycles. The van der Waals surface area contributed by atoms with Gasteiger partial charge in [0.2, 0.25) is 5.88 Å². The highest BCUT2D eigenvalue weighted by Gasteiger charge is 2.16. The number of anilines is 2. The summed E-state index contributed by atoms with van der Waals surface area (Å²) in [4.78, 5) is 9.91. The largest absolute Gasteiger partial charge is 0.480 e. The third-order valence-corrected chi connectivity index (χ3v) is 4.52. The van der Waals surface area contributed by atoms with Crippen molar-refractivity contribution in [3.63, 3.8) is 0 Å². The van der Waals surface area contributed by atoms with Crippen LogP contribution in [0.4, 0.5) is 11.4 Å². The van der Waals surface area contributed by atoms with Gasteiger partial charge >= 0.3 is 0 Å². The fraction of sp³-hybridized carbons (Fsp3) is 0.158. The first-order valence-corrected chi connectivity index (χ1v) is 9.06. The van der Waals surface area contributed by atoms with Crippen LogP contribution < -0.4 is 15.8 Å². The van der Waals surface area contributed by atoms with E-state index in [-0.39, 0.29) is 0 Å². The van der Waals surface area contributed by atoms with Gasteiger partial charge in [-0.3, -0.25) is 4.98 Å². The molecule has 2 aromatic heterocycles. The van der Waals surface area contributed by atoms with Gasteiger partial charge in [0, 0.05) is 11.1 Å². The molecule has 0 unspecified atom stereocenters. The van der Waals surface area contributed by atoms with Crippen LogP contribution in [0.3, 0.4) is 0 Å². The number of ether oxygens (including phenoxy) is 1. The first-order valence-electron chi connectivity index (χ1n) is 7.83. The smallest absolute Gasteiger partial charge is 0.223 e. The maximum atomic E-state index is 6.19. The van der Waals surface area contributed by atoms with Crippen LogP contribution in [0.25, 0.3) is 11.1 Å². The van der Waals surface area contributed by atoms with E-state index in [0.717, 1.165) is 27.4 Å². The molecule has 3 N–H and O–H groups in total. The normalized spacial score (nSPS) is 10.5. The predicted molar refractivity (Wildman–Crippen MR) is 104 cm³/mol.